The fourth-order valence-corrected chi connectivity index (χ4v) is 2.05. The van der Waals surface area contributed by atoms with Gasteiger partial charge < -0.3 is 9.84 Å². The highest BCUT2D eigenvalue weighted by Crippen LogP contribution is 2.19. The highest BCUT2D eigenvalue weighted by Gasteiger charge is 2.27. The lowest BCUT2D eigenvalue weighted by Crippen LogP contribution is -2.17. The maximum absolute atomic E-state index is 11.8. The molecule has 19 heavy (non-hydrogen) atoms. The predicted octanol–water partition coefficient (Wildman–Crippen LogP) is 2.98. The molecule has 0 bridgehead atoms. The van der Waals surface area contributed by atoms with Crippen molar-refractivity contribution in [1.29, 1.82) is 0 Å². The van der Waals surface area contributed by atoms with E-state index in [4.69, 9.17) is 5.11 Å². The largest absolute Gasteiger partial charge is 0.481 e. The molecule has 1 N–H and O–H groups in total. The molecule has 0 aliphatic carbocycles. The van der Waals surface area contributed by atoms with E-state index in [1.165, 1.54) is 11.8 Å². The van der Waals surface area contributed by atoms with Gasteiger partial charge in [-0.25, -0.2) is 0 Å². The minimum atomic E-state index is -4.29. The molecule has 1 aromatic carbocycles. The zero-order valence-corrected chi connectivity index (χ0v) is 10.8. The molecule has 0 spiro atoms. The van der Waals surface area contributed by atoms with Crippen LogP contribution >= 0.6 is 11.8 Å². The lowest BCUT2D eigenvalue weighted by molar-refractivity contribution is -0.172. The number of thioether (sulfide) groups is 1. The van der Waals surface area contributed by atoms with Crippen molar-refractivity contribution < 1.29 is 27.8 Å². The molecule has 0 heterocycles. The summed E-state index contributed by atoms with van der Waals surface area (Å²) in [5.74, 6) is -0.491. The monoisotopic (exact) mass is 294 g/mol. The lowest BCUT2D eigenvalue weighted by Gasteiger charge is -2.07. The van der Waals surface area contributed by atoms with Crippen LogP contribution in [0.25, 0.3) is 0 Å². The summed E-state index contributed by atoms with van der Waals surface area (Å²) in [5.41, 5.74) is 0.685. The van der Waals surface area contributed by atoms with Crippen molar-refractivity contribution in [2.75, 3.05) is 19.0 Å². The molecule has 1 aromatic rings. The van der Waals surface area contributed by atoms with Gasteiger partial charge in [-0.05, 0) is 17.7 Å². The summed E-state index contributed by atoms with van der Waals surface area (Å²) in [6, 6.07) is 6.86. The third-order valence-electron chi connectivity index (χ3n) is 2.04. The highest BCUT2D eigenvalue weighted by molar-refractivity contribution is 7.99. The molecule has 0 aromatic heterocycles. The lowest BCUT2D eigenvalue weighted by atomic mass is 10.2. The van der Waals surface area contributed by atoms with Crippen LogP contribution in [0.2, 0.25) is 0 Å². The first-order chi connectivity index (χ1) is 8.87. The molecule has 1 rings (SSSR count). The Labute approximate surface area is 112 Å². The molecule has 0 atom stereocenters. The van der Waals surface area contributed by atoms with E-state index in [2.05, 4.69) is 4.74 Å². The van der Waals surface area contributed by atoms with E-state index in [1.807, 2.05) is 0 Å². The Bertz CT molecular complexity index is 404. The summed E-state index contributed by atoms with van der Waals surface area (Å²) >= 11 is 1.36. The molecule has 0 fully saturated rings. The Morgan fingerprint density at radius 2 is 1.89 bits per heavy atom. The van der Waals surface area contributed by atoms with Crippen LogP contribution in [0, 0.1) is 0 Å². The quantitative estimate of drug-likeness (QED) is 0.620. The Kier molecular flexibility index (Phi) is 6.17. The van der Waals surface area contributed by atoms with Crippen molar-refractivity contribution in [2.24, 2.45) is 0 Å². The Morgan fingerprint density at radius 3 is 2.42 bits per heavy atom. The number of rotatable bonds is 7. The second-order valence-corrected chi connectivity index (χ2v) is 4.90. The molecule has 0 unspecified atom stereocenters. The molecular formula is C12H13F3O3S. The van der Waals surface area contributed by atoms with Gasteiger partial charge in [0.2, 0.25) is 0 Å². The maximum atomic E-state index is 11.8. The van der Waals surface area contributed by atoms with Gasteiger partial charge in [0, 0.05) is 10.6 Å². The van der Waals surface area contributed by atoms with Crippen LogP contribution in [0.15, 0.2) is 29.2 Å². The topological polar surface area (TPSA) is 46.5 Å². The molecule has 0 saturated heterocycles. The standard InChI is InChI=1S/C12H13F3O3S/c13-12(14,15)8-18-5-6-19-10-3-1-9(2-4-10)7-11(16)17/h1-4H,5-8H2,(H,16,17). The van der Waals surface area contributed by atoms with Gasteiger partial charge in [0.05, 0.1) is 13.0 Å². The number of hydrogen-bond donors (Lipinski definition) is 1. The zero-order valence-electron chi connectivity index (χ0n) is 9.94. The first-order valence-corrected chi connectivity index (χ1v) is 6.43. The van der Waals surface area contributed by atoms with Crippen molar-refractivity contribution in [2.45, 2.75) is 17.5 Å². The molecule has 0 aliphatic heterocycles. The fourth-order valence-electron chi connectivity index (χ4n) is 1.28. The zero-order chi connectivity index (χ0) is 14.3. The summed E-state index contributed by atoms with van der Waals surface area (Å²) < 4.78 is 39.8. The third-order valence-corrected chi connectivity index (χ3v) is 3.02. The minimum absolute atomic E-state index is 0.0149. The Morgan fingerprint density at radius 1 is 1.26 bits per heavy atom. The van der Waals surface area contributed by atoms with E-state index < -0.39 is 18.8 Å². The number of aliphatic carboxylic acids is 1. The van der Waals surface area contributed by atoms with Crippen LogP contribution in [-0.2, 0) is 16.0 Å². The molecular weight excluding hydrogens is 281 g/mol. The van der Waals surface area contributed by atoms with Gasteiger partial charge in [-0.3, -0.25) is 4.79 Å². The van der Waals surface area contributed by atoms with E-state index >= 15 is 0 Å². The number of carboxylic acids is 1. The normalized spacial score (nSPS) is 11.5. The number of carboxylic acid groups (broad SMARTS) is 1. The Balaban J connectivity index is 2.25. The van der Waals surface area contributed by atoms with Gasteiger partial charge >= 0.3 is 12.1 Å². The van der Waals surface area contributed by atoms with E-state index in [-0.39, 0.29) is 13.0 Å². The highest BCUT2D eigenvalue weighted by atomic mass is 32.2. The van der Waals surface area contributed by atoms with Crippen molar-refractivity contribution in [3.63, 3.8) is 0 Å². The predicted molar refractivity (Wildman–Crippen MR) is 65.4 cm³/mol. The molecule has 106 valence electrons. The molecule has 0 amide bonds. The van der Waals surface area contributed by atoms with Crippen molar-refractivity contribution in [3.8, 4) is 0 Å². The van der Waals surface area contributed by atoms with Gasteiger partial charge in [-0.1, -0.05) is 12.1 Å². The van der Waals surface area contributed by atoms with Crippen LogP contribution < -0.4 is 0 Å². The van der Waals surface area contributed by atoms with Crippen molar-refractivity contribution >= 4 is 17.7 Å². The van der Waals surface area contributed by atoms with Gasteiger partial charge in [0.1, 0.15) is 6.61 Å². The maximum Gasteiger partial charge on any atom is 0.411 e. The smallest absolute Gasteiger partial charge is 0.411 e. The summed E-state index contributed by atoms with van der Waals surface area (Å²) in [5, 5.41) is 8.59. The van der Waals surface area contributed by atoms with E-state index in [1.54, 1.807) is 24.3 Å². The number of halogens is 3. The molecule has 0 saturated carbocycles. The fraction of sp³-hybridized carbons (Fsp3) is 0.417. The SMILES string of the molecule is O=C(O)Cc1ccc(SCCOCC(F)(F)F)cc1. The molecule has 3 nitrogen and oxygen atoms in total. The molecule has 0 aliphatic rings. The van der Waals surface area contributed by atoms with Crippen molar-refractivity contribution in [1.82, 2.24) is 0 Å². The summed E-state index contributed by atoms with van der Waals surface area (Å²) in [4.78, 5) is 11.3. The summed E-state index contributed by atoms with van der Waals surface area (Å²) in [6.45, 7) is -1.22. The van der Waals surface area contributed by atoms with E-state index in [0.29, 0.717) is 11.3 Å². The van der Waals surface area contributed by atoms with Crippen LogP contribution in [0.1, 0.15) is 5.56 Å². The number of carbonyl (C=O) groups is 1. The van der Waals surface area contributed by atoms with Gasteiger partial charge in [-0.15, -0.1) is 11.8 Å². The molecule has 7 heteroatoms. The average molecular weight is 294 g/mol. The third kappa shape index (κ3) is 7.74. The van der Waals surface area contributed by atoms with E-state index in [9.17, 15) is 18.0 Å². The first-order valence-electron chi connectivity index (χ1n) is 5.45. The average Bonchev–Trinajstić information content (AvgIpc) is 2.28. The second-order valence-electron chi connectivity index (χ2n) is 3.73. The first kappa shape index (κ1) is 15.8. The van der Waals surface area contributed by atoms with Crippen LogP contribution in [0.3, 0.4) is 0 Å². The van der Waals surface area contributed by atoms with E-state index in [0.717, 1.165) is 4.90 Å². The summed E-state index contributed by atoms with van der Waals surface area (Å²) in [7, 11) is 0. The van der Waals surface area contributed by atoms with Crippen LogP contribution in [0.5, 0.6) is 0 Å². The summed E-state index contributed by atoms with van der Waals surface area (Å²) in [6.07, 6.45) is -4.33. The van der Waals surface area contributed by atoms with Crippen molar-refractivity contribution in [3.05, 3.63) is 29.8 Å². The van der Waals surface area contributed by atoms with Crippen LogP contribution in [-0.4, -0.2) is 36.2 Å². The second kappa shape index (κ2) is 7.40. The van der Waals surface area contributed by atoms with Crippen LogP contribution in [0.4, 0.5) is 13.2 Å². The number of benzene rings is 1. The van der Waals surface area contributed by atoms with Gasteiger partial charge in [-0.2, -0.15) is 13.2 Å². The Hall–Kier alpha value is -1.21. The number of hydrogen-bond acceptors (Lipinski definition) is 3. The van der Waals surface area contributed by atoms with Gasteiger partial charge in [0.15, 0.2) is 0 Å². The number of ether oxygens (including phenoxy) is 1. The van der Waals surface area contributed by atoms with Gasteiger partial charge in [0.25, 0.3) is 0 Å². The minimum Gasteiger partial charge on any atom is -0.481 e. The number of alkyl halides is 3. The molecule has 0 radical (unpaired) electrons.